The molecule has 0 radical (unpaired) electrons. The first-order valence-corrected chi connectivity index (χ1v) is 7.03. The van der Waals surface area contributed by atoms with Crippen molar-refractivity contribution in [3.63, 3.8) is 0 Å². The van der Waals surface area contributed by atoms with Crippen LogP contribution < -0.4 is 4.46 Å². The third-order valence-corrected chi connectivity index (χ3v) is 3.61. The van der Waals surface area contributed by atoms with Crippen molar-refractivity contribution in [3.8, 4) is 0 Å². The standard InChI is InChI=1S/C12H14F2O3Se/c1-9(8-16-10(2)15)17-12(13,14)18-11-6-4-3-5-7-11/h3-7,9H,8H2,1-2H3. The Kier molecular flexibility index (Phi) is 5.72. The quantitative estimate of drug-likeness (QED) is 0.588. The van der Waals surface area contributed by atoms with Gasteiger partial charge in [0.15, 0.2) is 0 Å². The van der Waals surface area contributed by atoms with Gasteiger partial charge in [-0.05, 0) is 0 Å². The van der Waals surface area contributed by atoms with Crippen LogP contribution in [-0.4, -0.2) is 38.6 Å². The molecule has 0 heterocycles. The molecule has 0 bridgehead atoms. The Hall–Kier alpha value is -0.971. The molecule has 1 aromatic carbocycles. The number of alkyl halides is 2. The van der Waals surface area contributed by atoms with Gasteiger partial charge in [-0.3, -0.25) is 0 Å². The fraction of sp³-hybridized carbons (Fsp3) is 0.417. The molecule has 0 amide bonds. The van der Waals surface area contributed by atoms with E-state index in [-0.39, 0.29) is 6.61 Å². The predicted octanol–water partition coefficient (Wildman–Crippen LogP) is 1.53. The summed E-state index contributed by atoms with van der Waals surface area (Å²) in [5.74, 6) is -0.512. The SMILES string of the molecule is CC(=O)OCC(C)OC(F)(F)[Se]c1ccccc1. The van der Waals surface area contributed by atoms with Crippen molar-refractivity contribution >= 4 is 25.4 Å². The van der Waals surface area contributed by atoms with Gasteiger partial charge in [0, 0.05) is 0 Å². The van der Waals surface area contributed by atoms with Crippen LogP contribution in [0, 0.1) is 0 Å². The van der Waals surface area contributed by atoms with Gasteiger partial charge >= 0.3 is 110 Å². The Morgan fingerprint density at radius 3 is 2.56 bits per heavy atom. The molecule has 0 aliphatic carbocycles. The van der Waals surface area contributed by atoms with Crippen molar-refractivity contribution in [2.75, 3.05) is 6.61 Å². The summed E-state index contributed by atoms with van der Waals surface area (Å²) in [5.41, 5.74) is 0. The molecule has 0 aromatic heterocycles. The number of halogens is 2. The number of ether oxygens (including phenoxy) is 2. The molecule has 0 spiro atoms. The molecule has 100 valence electrons. The van der Waals surface area contributed by atoms with E-state index in [1.807, 2.05) is 0 Å². The predicted molar refractivity (Wildman–Crippen MR) is 64.0 cm³/mol. The number of esters is 1. The van der Waals surface area contributed by atoms with Gasteiger partial charge in [0.2, 0.25) is 0 Å². The molecule has 0 fully saturated rings. The molecule has 18 heavy (non-hydrogen) atoms. The van der Waals surface area contributed by atoms with E-state index >= 15 is 0 Å². The minimum absolute atomic E-state index is 0.171. The molecular weight excluding hydrogens is 309 g/mol. The van der Waals surface area contributed by atoms with Crippen LogP contribution in [0.25, 0.3) is 0 Å². The molecular formula is C12H14F2O3Se. The molecule has 1 atom stereocenters. The van der Waals surface area contributed by atoms with Gasteiger partial charge in [0.25, 0.3) is 0 Å². The number of hydrogen-bond acceptors (Lipinski definition) is 3. The van der Waals surface area contributed by atoms with Gasteiger partial charge in [-0.15, -0.1) is 0 Å². The molecule has 0 saturated heterocycles. The number of benzene rings is 1. The van der Waals surface area contributed by atoms with Crippen molar-refractivity contribution in [2.45, 2.75) is 25.0 Å². The molecule has 0 aliphatic heterocycles. The average Bonchev–Trinajstić information content (AvgIpc) is 2.26. The Morgan fingerprint density at radius 1 is 1.39 bits per heavy atom. The first-order valence-electron chi connectivity index (χ1n) is 5.32. The van der Waals surface area contributed by atoms with Crippen molar-refractivity contribution in [1.29, 1.82) is 0 Å². The van der Waals surface area contributed by atoms with Crippen LogP contribution in [0.5, 0.6) is 0 Å². The molecule has 3 nitrogen and oxygen atoms in total. The minimum atomic E-state index is -3.21. The van der Waals surface area contributed by atoms with Crippen LogP contribution in [0.1, 0.15) is 13.8 Å². The first-order chi connectivity index (χ1) is 8.39. The second-order valence-corrected chi connectivity index (χ2v) is 6.02. The molecule has 0 N–H and O–H groups in total. The molecule has 6 heteroatoms. The summed E-state index contributed by atoms with van der Waals surface area (Å²) in [6.45, 7) is 2.49. The Balaban J connectivity index is 2.46. The van der Waals surface area contributed by atoms with Crippen LogP contribution in [0.15, 0.2) is 30.3 Å². The summed E-state index contributed by atoms with van der Waals surface area (Å²) < 4.78 is 36.9. The van der Waals surface area contributed by atoms with E-state index in [0.717, 1.165) is 0 Å². The van der Waals surface area contributed by atoms with Crippen LogP contribution >= 0.6 is 0 Å². The normalized spacial score (nSPS) is 13.1. The van der Waals surface area contributed by atoms with Gasteiger partial charge in [0.1, 0.15) is 0 Å². The number of rotatable bonds is 6. The van der Waals surface area contributed by atoms with Crippen molar-refractivity contribution < 1.29 is 23.0 Å². The number of carbonyl (C=O) groups excluding carboxylic acids is 1. The van der Waals surface area contributed by atoms with Crippen LogP contribution in [-0.2, 0) is 14.3 Å². The van der Waals surface area contributed by atoms with Crippen molar-refractivity contribution in [3.05, 3.63) is 30.3 Å². The van der Waals surface area contributed by atoms with E-state index in [1.54, 1.807) is 30.3 Å². The third-order valence-electron chi connectivity index (χ3n) is 1.84. The Bertz CT molecular complexity index is 384. The van der Waals surface area contributed by atoms with E-state index in [9.17, 15) is 13.6 Å². The fourth-order valence-corrected chi connectivity index (χ4v) is 2.79. The maximum atomic E-state index is 13.5. The van der Waals surface area contributed by atoms with Gasteiger partial charge in [-0.1, -0.05) is 0 Å². The van der Waals surface area contributed by atoms with Gasteiger partial charge in [-0.2, -0.15) is 0 Å². The zero-order valence-electron chi connectivity index (χ0n) is 10.1. The van der Waals surface area contributed by atoms with Crippen LogP contribution in [0.3, 0.4) is 0 Å². The molecule has 0 saturated carbocycles. The van der Waals surface area contributed by atoms with Gasteiger partial charge in [-0.25, -0.2) is 0 Å². The summed E-state index contributed by atoms with van der Waals surface area (Å²) in [7, 11) is 0. The summed E-state index contributed by atoms with van der Waals surface area (Å²) in [5, 5.41) is -3.21. The van der Waals surface area contributed by atoms with Crippen molar-refractivity contribution in [2.24, 2.45) is 0 Å². The molecule has 0 aliphatic rings. The van der Waals surface area contributed by atoms with Crippen LogP contribution in [0.4, 0.5) is 8.78 Å². The Labute approximate surface area is 111 Å². The van der Waals surface area contributed by atoms with E-state index in [4.69, 9.17) is 0 Å². The van der Waals surface area contributed by atoms with E-state index in [2.05, 4.69) is 9.47 Å². The summed E-state index contributed by atoms with van der Waals surface area (Å²) in [6.07, 6.45) is -0.838. The number of hydrogen-bond donors (Lipinski definition) is 0. The van der Waals surface area contributed by atoms with E-state index < -0.39 is 32.0 Å². The average molecular weight is 323 g/mol. The molecule has 1 rings (SSSR count). The van der Waals surface area contributed by atoms with Crippen molar-refractivity contribution in [1.82, 2.24) is 0 Å². The third kappa shape index (κ3) is 6.10. The fourth-order valence-electron chi connectivity index (χ4n) is 1.15. The summed E-state index contributed by atoms with van der Waals surface area (Å²) in [6, 6.07) is 8.44. The monoisotopic (exact) mass is 324 g/mol. The second kappa shape index (κ2) is 6.83. The molecule has 1 unspecified atom stereocenters. The van der Waals surface area contributed by atoms with Gasteiger partial charge < -0.3 is 0 Å². The van der Waals surface area contributed by atoms with Crippen LogP contribution in [0.2, 0.25) is 0 Å². The second-order valence-electron chi connectivity index (χ2n) is 3.61. The number of carbonyl (C=O) groups is 1. The zero-order valence-corrected chi connectivity index (χ0v) is 11.8. The van der Waals surface area contributed by atoms with E-state index in [0.29, 0.717) is 4.46 Å². The van der Waals surface area contributed by atoms with Gasteiger partial charge in [0.05, 0.1) is 0 Å². The maximum absolute atomic E-state index is 13.5. The molecule has 1 aromatic rings. The summed E-state index contributed by atoms with van der Waals surface area (Å²) >= 11 is -1.11. The summed E-state index contributed by atoms with van der Waals surface area (Å²) in [4.78, 5) is 10.5. The topological polar surface area (TPSA) is 35.5 Å². The Morgan fingerprint density at radius 2 is 2.00 bits per heavy atom. The van der Waals surface area contributed by atoms with E-state index in [1.165, 1.54) is 13.8 Å². The first kappa shape index (κ1) is 15.1. The zero-order chi connectivity index (χ0) is 13.6.